The average molecular weight is 737 g/mol. The summed E-state index contributed by atoms with van der Waals surface area (Å²) in [4.78, 5) is 50.2. The number of aryl methyl sites for hydroxylation is 2. The monoisotopic (exact) mass is 736 g/mol. The number of methoxy groups -OCH3 is 1. The molecular formula is C41H35ClF2N4O5. The van der Waals surface area contributed by atoms with Gasteiger partial charge in [0.2, 0.25) is 0 Å². The van der Waals surface area contributed by atoms with E-state index in [1.807, 2.05) is 12.1 Å². The fourth-order valence-electron chi connectivity index (χ4n) is 5.23. The van der Waals surface area contributed by atoms with Crippen LogP contribution in [0.1, 0.15) is 43.0 Å². The molecule has 6 aromatic rings. The molecule has 0 spiro atoms. The highest BCUT2D eigenvalue weighted by Crippen LogP contribution is 2.16. The molecule has 0 unspecified atom stereocenters. The molecule has 270 valence electrons. The molecule has 2 aromatic heterocycles. The molecule has 0 aliphatic heterocycles. The van der Waals surface area contributed by atoms with E-state index >= 15 is 0 Å². The summed E-state index contributed by atoms with van der Waals surface area (Å²) in [5, 5.41) is 6.01. The van der Waals surface area contributed by atoms with Crippen molar-refractivity contribution in [1.82, 2.24) is 19.8 Å². The van der Waals surface area contributed by atoms with Crippen LogP contribution in [0, 0.1) is 25.5 Å². The number of carbonyl (C=O) groups is 2. The second-order valence-corrected chi connectivity index (χ2v) is 12.4. The molecule has 6 rings (SSSR count). The van der Waals surface area contributed by atoms with Gasteiger partial charge in [0, 0.05) is 30.5 Å². The van der Waals surface area contributed by atoms with Gasteiger partial charge in [-0.15, -0.1) is 0 Å². The quantitative estimate of drug-likeness (QED) is 0.165. The summed E-state index contributed by atoms with van der Waals surface area (Å²) in [5.41, 5.74) is 2.31. The van der Waals surface area contributed by atoms with Gasteiger partial charge in [0.1, 0.15) is 28.5 Å². The molecule has 53 heavy (non-hydrogen) atoms. The van der Waals surface area contributed by atoms with Crippen LogP contribution < -0.4 is 26.5 Å². The van der Waals surface area contributed by atoms with E-state index in [1.54, 1.807) is 93.8 Å². The number of benzene rings is 4. The van der Waals surface area contributed by atoms with E-state index in [0.29, 0.717) is 5.02 Å². The Hall–Kier alpha value is -6.33. The molecule has 0 aliphatic carbocycles. The highest BCUT2D eigenvalue weighted by atomic mass is 35.5. The van der Waals surface area contributed by atoms with Crippen LogP contribution in [0.2, 0.25) is 5.02 Å². The predicted molar refractivity (Wildman–Crippen MR) is 200 cm³/mol. The SMILES string of the molecule is COc1ccc(CNC(=O)c2cccn(-c3cc(C)ccc3F)c2=O)cc1.Cc1ccc(F)c(-n2cccc(C(=O)NCc3ccc(Cl)cc3)c2=O)c1. The zero-order chi connectivity index (χ0) is 38.1. The summed E-state index contributed by atoms with van der Waals surface area (Å²) in [6, 6.07) is 29.1. The van der Waals surface area contributed by atoms with Crippen LogP contribution in [0.5, 0.6) is 5.75 Å². The van der Waals surface area contributed by atoms with Gasteiger partial charge in [-0.05, 0) is 109 Å². The van der Waals surface area contributed by atoms with Gasteiger partial charge < -0.3 is 15.4 Å². The summed E-state index contributed by atoms with van der Waals surface area (Å²) in [6.07, 6.45) is 2.89. The number of carbonyl (C=O) groups excluding carboxylic acids is 2. The van der Waals surface area contributed by atoms with E-state index in [-0.39, 0.29) is 35.6 Å². The largest absolute Gasteiger partial charge is 0.497 e. The van der Waals surface area contributed by atoms with Crippen LogP contribution >= 0.6 is 11.6 Å². The molecule has 2 heterocycles. The van der Waals surface area contributed by atoms with E-state index in [4.69, 9.17) is 16.3 Å². The third-order valence-corrected chi connectivity index (χ3v) is 8.34. The van der Waals surface area contributed by atoms with Gasteiger partial charge in [0.05, 0.1) is 18.5 Å². The summed E-state index contributed by atoms with van der Waals surface area (Å²) < 4.78 is 35.6. The van der Waals surface area contributed by atoms with Gasteiger partial charge in [-0.3, -0.25) is 28.3 Å². The lowest BCUT2D eigenvalue weighted by atomic mass is 10.2. The van der Waals surface area contributed by atoms with Crippen LogP contribution in [0.25, 0.3) is 11.4 Å². The zero-order valence-electron chi connectivity index (χ0n) is 29.0. The number of pyridine rings is 2. The molecule has 0 fully saturated rings. The third-order valence-electron chi connectivity index (χ3n) is 8.08. The van der Waals surface area contributed by atoms with Gasteiger partial charge in [-0.1, -0.05) is 48.0 Å². The summed E-state index contributed by atoms with van der Waals surface area (Å²) in [6.45, 7) is 4.12. The molecule has 2 amide bonds. The normalized spacial score (nSPS) is 10.5. The van der Waals surface area contributed by atoms with E-state index in [9.17, 15) is 28.0 Å². The average Bonchev–Trinajstić information content (AvgIpc) is 3.16. The Morgan fingerprint density at radius 1 is 0.642 bits per heavy atom. The lowest BCUT2D eigenvalue weighted by Gasteiger charge is -2.10. The minimum atomic E-state index is -0.578. The molecule has 12 heteroatoms. The van der Waals surface area contributed by atoms with E-state index in [0.717, 1.165) is 37.1 Å². The lowest BCUT2D eigenvalue weighted by molar-refractivity contribution is 0.0941. The molecule has 0 bridgehead atoms. The molecular weight excluding hydrogens is 702 g/mol. The fraction of sp³-hybridized carbons (Fsp3) is 0.122. The van der Waals surface area contributed by atoms with Crippen molar-refractivity contribution in [2.45, 2.75) is 26.9 Å². The Balaban J connectivity index is 0.000000204. The molecule has 0 aliphatic rings. The number of hydrogen-bond donors (Lipinski definition) is 2. The standard InChI is InChI=1S/C21H19FN2O3.C20H16ClFN2O2/c1-14-5-10-18(22)19(12-14)24-11-3-4-17(21(24)26)20(25)23-13-15-6-8-16(27-2)9-7-15;1-13-4-9-17(22)18(11-13)24-10-2-3-16(20(24)26)19(25)23-12-14-5-7-15(21)8-6-14/h3-12H,13H2,1-2H3,(H,23,25);2-11H,12H2,1H3,(H,23,25). The Labute approximate surface area is 309 Å². The Morgan fingerprint density at radius 3 is 1.47 bits per heavy atom. The molecule has 9 nitrogen and oxygen atoms in total. The molecule has 4 aromatic carbocycles. The third kappa shape index (κ3) is 9.52. The number of aromatic nitrogens is 2. The summed E-state index contributed by atoms with van der Waals surface area (Å²) >= 11 is 5.83. The van der Waals surface area contributed by atoms with Gasteiger partial charge in [-0.2, -0.15) is 0 Å². The van der Waals surface area contributed by atoms with Crippen LogP contribution in [-0.2, 0) is 13.1 Å². The van der Waals surface area contributed by atoms with Crippen LogP contribution in [0.15, 0.2) is 131 Å². The highest BCUT2D eigenvalue weighted by Gasteiger charge is 2.16. The minimum Gasteiger partial charge on any atom is -0.497 e. The van der Waals surface area contributed by atoms with Crippen molar-refractivity contribution in [2.75, 3.05) is 7.11 Å². The second-order valence-electron chi connectivity index (χ2n) is 11.9. The fourth-order valence-corrected chi connectivity index (χ4v) is 5.35. The molecule has 0 saturated heterocycles. The lowest BCUT2D eigenvalue weighted by Crippen LogP contribution is -2.32. The Kier molecular flexibility index (Phi) is 12.3. The van der Waals surface area contributed by atoms with Crippen molar-refractivity contribution >= 4 is 23.4 Å². The number of hydrogen-bond acceptors (Lipinski definition) is 5. The minimum absolute atomic E-state index is 0.0492. The first-order valence-electron chi connectivity index (χ1n) is 16.4. The number of rotatable bonds is 9. The maximum absolute atomic E-state index is 14.1. The van der Waals surface area contributed by atoms with Crippen molar-refractivity contribution in [3.8, 4) is 17.1 Å². The van der Waals surface area contributed by atoms with E-state index < -0.39 is 34.6 Å². The zero-order valence-corrected chi connectivity index (χ0v) is 29.8. The number of nitrogens with one attached hydrogen (secondary N) is 2. The molecule has 0 saturated carbocycles. The first kappa shape index (κ1) is 37.9. The van der Waals surface area contributed by atoms with Crippen molar-refractivity contribution < 1.29 is 23.1 Å². The van der Waals surface area contributed by atoms with E-state index in [2.05, 4.69) is 10.6 Å². The van der Waals surface area contributed by atoms with Gasteiger partial charge in [0.25, 0.3) is 22.9 Å². The maximum atomic E-state index is 14.1. The molecule has 0 radical (unpaired) electrons. The first-order valence-corrected chi connectivity index (χ1v) is 16.7. The van der Waals surface area contributed by atoms with E-state index in [1.165, 1.54) is 36.7 Å². The van der Waals surface area contributed by atoms with Crippen molar-refractivity contribution in [3.63, 3.8) is 0 Å². The first-order chi connectivity index (χ1) is 25.4. The predicted octanol–water partition coefficient (Wildman–Crippen LogP) is 7.09. The molecule has 2 N–H and O–H groups in total. The Bertz CT molecular complexity index is 2380. The number of halogens is 3. The van der Waals surface area contributed by atoms with Crippen LogP contribution in [0.4, 0.5) is 8.78 Å². The summed E-state index contributed by atoms with van der Waals surface area (Å²) in [7, 11) is 1.58. The van der Waals surface area contributed by atoms with Gasteiger partial charge in [0.15, 0.2) is 0 Å². The number of amides is 2. The highest BCUT2D eigenvalue weighted by molar-refractivity contribution is 6.30. The molecule has 0 atom stereocenters. The van der Waals surface area contributed by atoms with Crippen molar-refractivity contribution in [3.05, 3.63) is 192 Å². The Morgan fingerprint density at radius 2 is 1.06 bits per heavy atom. The number of ether oxygens (including phenoxy) is 1. The second kappa shape index (κ2) is 17.3. The topological polar surface area (TPSA) is 111 Å². The smallest absolute Gasteiger partial charge is 0.268 e. The van der Waals surface area contributed by atoms with Crippen molar-refractivity contribution in [2.24, 2.45) is 0 Å². The van der Waals surface area contributed by atoms with Crippen LogP contribution in [0.3, 0.4) is 0 Å². The van der Waals surface area contributed by atoms with Gasteiger partial charge >= 0.3 is 0 Å². The van der Waals surface area contributed by atoms with Gasteiger partial charge in [-0.25, -0.2) is 8.78 Å². The van der Waals surface area contributed by atoms with Crippen molar-refractivity contribution in [1.29, 1.82) is 0 Å². The van der Waals surface area contributed by atoms with Crippen LogP contribution in [-0.4, -0.2) is 28.1 Å². The maximum Gasteiger partial charge on any atom is 0.268 e. The summed E-state index contributed by atoms with van der Waals surface area (Å²) in [5.74, 6) is -1.38. The number of nitrogens with zero attached hydrogens (tertiary/aromatic N) is 2.